The van der Waals surface area contributed by atoms with Crippen LogP contribution in [0, 0.1) is 5.92 Å². The predicted octanol–water partition coefficient (Wildman–Crippen LogP) is 3.34. The normalized spacial score (nSPS) is 22.3. The smallest absolute Gasteiger partial charge is 0.166 e. The van der Waals surface area contributed by atoms with Gasteiger partial charge in [0.2, 0.25) is 0 Å². The Hall–Kier alpha value is 0.610. The molecule has 0 bridgehead atoms. The van der Waals surface area contributed by atoms with Gasteiger partial charge in [-0.3, -0.25) is 4.79 Å². The molecule has 0 radical (unpaired) electrons. The van der Waals surface area contributed by atoms with Gasteiger partial charge in [0.25, 0.3) is 0 Å². The average molecular weight is 274 g/mol. The fraction of sp³-hybridized carbons (Fsp3) is 0.300. The molecule has 0 amide bonds. The lowest BCUT2D eigenvalue weighted by Gasteiger charge is -2.13. The van der Waals surface area contributed by atoms with Crippen LogP contribution in [0.3, 0.4) is 0 Å². The van der Waals surface area contributed by atoms with E-state index in [1.165, 1.54) is 10.9 Å². The minimum Gasteiger partial charge on any atom is -0.294 e. The molecule has 15 heavy (non-hydrogen) atoms. The van der Waals surface area contributed by atoms with Crippen LogP contribution in [0.2, 0.25) is 0 Å². The lowest BCUT2D eigenvalue weighted by atomic mass is 10.1. The molecule has 0 aromatic heterocycles. The first-order valence-electron chi connectivity index (χ1n) is 4.82. The number of carbonyl (C=O) groups excluding carboxylic acids is 1. The highest BCUT2D eigenvalue weighted by Crippen LogP contribution is 2.65. The average Bonchev–Trinajstić information content (AvgIpc) is 2.54. The van der Waals surface area contributed by atoms with Crippen molar-refractivity contribution in [2.24, 2.45) is 5.92 Å². The van der Waals surface area contributed by atoms with Crippen molar-refractivity contribution in [3.63, 3.8) is 0 Å². The van der Waals surface area contributed by atoms with E-state index in [2.05, 4.69) is 36.1 Å². The van der Waals surface area contributed by atoms with Crippen LogP contribution in [0.1, 0.15) is 22.8 Å². The fourth-order valence-electron chi connectivity index (χ4n) is 1.98. The number of hydrogen-bond donors (Lipinski definition) is 0. The van der Waals surface area contributed by atoms with Crippen molar-refractivity contribution < 1.29 is 4.79 Å². The van der Waals surface area contributed by atoms with Gasteiger partial charge in [-0.1, -0.05) is 33.1 Å². The molecular weight excluding hydrogens is 260 g/mol. The lowest BCUT2D eigenvalue weighted by molar-refractivity contribution is 0.0947. The largest absolute Gasteiger partial charge is 0.294 e. The molecule has 0 aliphatic heterocycles. The molecule has 1 aliphatic rings. The highest BCUT2D eigenvalue weighted by Gasteiger charge is 2.30. The molecular formula is C10H14OP4. The second-order valence-electron chi connectivity index (χ2n) is 3.78. The number of ketones is 1. The van der Waals surface area contributed by atoms with Crippen LogP contribution in [0.4, 0.5) is 0 Å². The van der Waals surface area contributed by atoms with Crippen molar-refractivity contribution in [2.75, 3.05) is 0 Å². The van der Waals surface area contributed by atoms with E-state index in [0.29, 0.717) is 5.78 Å². The lowest BCUT2D eigenvalue weighted by Crippen LogP contribution is -2.12. The number of fused-ring (bicyclic) bond motifs is 1. The minimum atomic E-state index is -0.235. The highest BCUT2D eigenvalue weighted by atomic mass is 32.6. The van der Waals surface area contributed by atoms with E-state index in [0.717, 1.165) is 19.9 Å². The quantitative estimate of drug-likeness (QED) is 0.756. The Kier molecular flexibility index (Phi) is 3.91. The van der Waals surface area contributed by atoms with Crippen molar-refractivity contribution >= 4 is 44.2 Å². The summed E-state index contributed by atoms with van der Waals surface area (Å²) in [5.74, 6) is 0.529. The first kappa shape index (κ1) is 12.1. The van der Waals surface area contributed by atoms with Gasteiger partial charge in [0.15, 0.2) is 5.78 Å². The number of carbonyl (C=O) groups is 1. The standard InChI is InChI=1S/C10H14OP4/c1-6-5-7-3-2-4-8(15(13)14-12)9(7)10(6)11/h2-4,6,14H,5,12-13H2,1H3. The SMILES string of the molecule is CC1Cc2cccc(P(P)PP)c2C1=O. The van der Waals surface area contributed by atoms with Gasteiger partial charge >= 0.3 is 0 Å². The van der Waals surface area contributed by atoms with E-state index in [4.69, 9.17) is 0 Å². The number of hydrogen-bond acceptors (Lipinski definition) is 1. The maximum absolute atomic E-state index is 12.0. The predicted molar refractivity (Wildman–Crippen MR) is 77.9 cm³/mol. The first-order chi connectivity index (χ1) is 7.15. The Balaban J connectivity index is 2.52. The van der Waals surface area contributed by atoms with Gasteiger partial charge in [-0.05, 0) is 24.6 Å². The molecule has 2 rings (SSSR count). The zero-order chi connectivity index (χ0) is 11.0. The second-order valence-corrected chi connectivity index (χ2v) is 12.9. The molecule has 1 nitrogen and oxygen atoms in total. The van der Waals surface area contributed by atoms with Crippen LogP contribution in [0.25, 0.3) is 0 Å². The summed E-state index contributed by atoms with van der Waals surface area (Å²) in [6.07, 6.45) is 0.926. The molecule has 0 N–H and O–H groups in total. The monoisotopic (exact) mass is 274 g/mol. The molecule has 1 aromatic carbocycles. The van der Waals surface area contributed by atoms with Crippen LogP contribution in [0.5, 0.6) is 0 Å². The summed E-state index contributed by atoms with van der Waals surface area (Å²) < 4.78 is 0. The molecule has 80 valence electrons. The van der Waals surface area contributed by atoms with Crippen molar-refractivity contribution in [2.45, 2.75) is 13.3 Å². The van der Waals surface area contributed by atoms with Crippen LogP contribution >= 0.6 is 33.1 Å². The van der Waals surface area contributed by atoms with E-state index < -0.39 is 0 Å². The fourth-order valence-corrected chi connectivity index (χ4v) is 5.73. The number of benzene rings is 1. The van der Waals surface area contributed by atoms with Gasteiger partial charge in [0, 0.05) is 11.5 Å². The first-order valence-corrected chi connectivity index (χ1v) is 11.4. The van der Waals surface area contributed by atoms with Crippen LogP contribution in [-0.4, -0.2) is 5.78 Å². The molecule has 0 saturated carbocycles. The molecule has 5 heteroatoms. The molecule has 0 fully saturated rings. The van der Waals surface area contributed by atoms with Gasteiger partial charge in [0.1, 0.15) is 0 Å². The van der Waals surface area contributed by atoms with Gasteiger partial charge < -0.3 is 0 Å². The zero-order valence-electron chi connectivity index (χ0n) is 8.53. The van der Waals surface area contributed by atoms with Crippen LogP contribution in [0.15, 0.2) is 18.2 Å². The summed E-state index contributed by atoms with van der Waals surface area (Å²) in [7, 11) is 6.26. The van der Waals surface area contributed by atoms with E-state index in [1.54, 1.807) is 0 Å². The molecule has 0 saturated heterocycles. The summed E-state index contributed by atoms with van der Waals surface area (Å²) >= 11 is 0. The van der Waals surface area contributed by atoms with Crippen molar-refractivity contribution in [1.82, 2.24) is 0 Å². The molecule has 5 atom stereocenters. The summed E-state index contributed by atoms with van der Waals surface area (Å²) in [6, 6.07) is 6.30. The third kappa shape index (κ3) is 2.18. The number of Topliss-reactive ketones (excluding diaryl/α,β-unsaturated/α-hetero) is 1. The van der Waals surface area contributed by atoms with Crippen molar-refractivity contribution in [3.8, 4) is 0 Å². The van der Waals surface area contributed by atoms with E-state index in [1.807, 2.05) is 6.92 Å². The molecule has 0 heterocycles. The maximum Gasteiger partial charge on any atom is 0.166 e. The molecule has 0 spiro atoms. The van der Waals surface area contributed by atoms with Gasteiger partial charge in [-0.15, -0.1) is 17.9 Å². The van der Waals surface area contributed by atoms with E-state index in [9.17, 15) is 4.79 Å². The van der Waals surface area contributed by atoms with Crippen molar-refractivity contribution in [1.29, 1.82) is 0 Å². The Labute approximate surface area is 97.8 Å². The van der Waals surface area contributed by atoms with Gasteiger partial charge in [-0.2, -0.15) is 0 Å². The topological polar surface area (TPSA) is 17.1 Å². The third-order valence-corrected chi connectivity index (χ3v) is 12.8. The summed E-state index contributed by atoms with van der Waals surface area (Å²) in [5.41, 5.74) is 2.28. The summed E-state index contributed by atoms with van der Waals surface area (Å²) in [6.45, 7) is 2.03. The van der Waals surface area contributed by atoms with E-state index >= 15 is 0 Å². The second kappa shape index (κ2) is 4.85. The zero-order valence-corrected chi connectivity index (χ0v) is 12.7. The van der Waals surface area contributed by atoms with Crippen molar-refractivity contribution in [3.05, 3.63) is 29.3 Å². The van der Waals surface area contributed by atoms with E-state index in [-0.39, 0.29) is 13.2 Å². The maximum atomic E-state index is 12.0. The van der Waals surface area contributed by atoms with Gasteiger partial charge in [-0.25, -0.2) is 0 Å². The molecule has 5 unspecified atom stereocenters. The highest BCUT2D eigenvalue weighted by molar-refractivity contribution is 8.63. The Morgan fingerprint density at radius 3 is 2.93 bits per heavy atom. The van der Waals surface area contributed by atoms with Crippen LogP contribution < -0.4 is 5.30 Å². The summed E-state index contributed by atoms with van der Waals surface area (Å²) in [4.78, 5) is 12.0. The number of rotatable bonds is 2. The minimum absolute atomic E-state index is 0.183. The van der Waals surface area contributed by atoms with Gasteiger partial charge in [0.05, 0.1) is 0 Å². The Morgan fingerprint density at radius 2 is 2.27 bits per heavy atom. The van der Waals surface area contributed by atoms with Crippen LogP contribution in [-0.2, 0) is 6.42 Å². The molecule has 1 aliphatic carbocycles. The Bertz CT molecular complexity index is 404. The molecule has 1 aromatic rings. The Morgan fingerprint density at radius 1 is 1.53 bits per heavy atom. The summed E-state index contributed by atoms with van der Waals surface area (Å²) in [5, 5.41) is 1.27. The third-order valence-electron chi connectivity index (χ3n) is 2.75.